The molecule has 114 valence electrons. The molecule has 1 aromatic rings. The van der Waals surface area contributed by atoms with Crippen LogP contribution < -0.4 is 4.90 Å². The summed E-state index contributed by atoms with van der Waals surface area (Å²) in [6, 6.07) is 7.93. The number of amides is 2. The van der Waals surface area contributed by atoms with Gasteiger partial charge in [-0.3, -0.25) is 14.5 Å². The van der Waals surface area contributed by atoms with Crippen molar-refractivity contribution in [2.24, 2.45) is 0 Å². The van der Waals surface area contributed by atoms with Crippen LogP contribution in [0.4, 0.5) is 10.5 Å². The molecule has 22 heavy (non-hydrogen) atoms. The summed E-state index contributed by atoms with van der Waals surface area (Å²) in [6.07, 6.45) is 6.90. The SMILES string of the molecule is C#CCN1C(=O)S/C(=C/c2ccc(N(CC)CC)cc2)C1=O. The molecule has 0 unspecified atom stereocenters. The Kier molecular flexibility index (Phi) is 5.29. The van der Waals surface area contributed by atoms with Crippen molar-refractivity contribution < 1.29 is 9.59 Å². The summed E-state index contributed by atoms with van der Waals surface area (Å²) in [5.41, 5.74) is 2.03. The number of benzene rings is 1. The first kappa shape index (κ1) is 16.2. The smallest absolute Gasteiger partial charge is 0.294 e. The maximum absolute atomic E-state index is 12.1. The van der Waals surface area contributed by atoms with E-state index in [1.54, 1.807) is 6.08 Å². The predicted molar refractivity (Wildman–Crippen MR) is 91.5 cm³/mol. The second kappa shape index (κ2) is 7.19. The number of hydrogen-bond acceptors (Lipinski definition) is 4. The van der Waals surface area contributed by atoms with E-state index in [4.69, 9.17) is 6.42 Å². The Bertz CT molecular complexity index is 640. The molecule has 0 bridgehead atoms. The van der Waals surface area contributed by atoms with Crippen molar-refractivity contribution in [3.05, 3.63) is 34.7 Å². The zero-order valence-corrected chi connectivity index (χ0v) is 13.5. The zero-order valence-electron chi connectivity index (χ0n) is 12.7. The molecule has 1 aliphatic rings. The van der Waals surface area contributed by atoms with Gasteiger partial charge in [0.2, 0.25) is 0 Å². The van der Waals surface area contributed by atoms with Crippen LogP contribution in [0.2, 0.25) is 0 Å². The predicted octanol–water partition coefficient (Wildman–Crippen LogP) is 3.20. The molecule has 0 aromatic heterocycles. The van der Waals surface area contributed by atoms with Crippen molar-refractivity contribution in [3.63, 3.8) is 0 Å². The monoisotopic (exact) mass is 314 g/mol. The maximum Gasteiger partial charge on any atom is 0.294 e. The number of terminal acetylenes is 1. The minimum Gasteiger partial charge on any atom is -0.372 e. The highest BCUT2D eigenvalue weighted by Gasteiger charge is 2.34. The first-order chi connectivity index (χ1) is 10.6. The molecular weight excluding hydrogens is 296 g/mol. The average molecular weight is 314 g/mol. The second-order valence-electron chi connectivity index (χ2n) is 4.74. The van der Waals surface area contributed by atoms with Crippen molar-refractivity contribution in [2.45, 2.75) is 13.8 Å². The second-order valence-corrected chi connectivity index (χ2v) is 5.73. The quantitative estimate of drug-likeness (QED) is 0.618. The standard InChI is InChI=1S/C17H18N2O2S/c1-4-11-19-16(20)15(22-17(19)21)12-13-7-9-14(10-8-13)18(5-2)6-3/h1,7-10,12H,5-6,11H2,2-3H3/b15-12+. The Balaban J connectivity index is 2.18. The van der Waals surface area contributed by atoms with Gasteiger partial charge in [-0.05, 0) is 49.4 Å². The Hall–Kier alpha value is -2.19. The third-order valence-corrected chi connectivity index (χ3v) is 4.35. The number of carbonyl (C=O) groups is 2. The summed E-state index contributed by atoms with van der Waals surface area (Å²) >= 11 is 0.929. The van der Waals surface area contributed by atoms with Crippen molar-refractivity contribution >= 4 is 34.7 Å². The molecule has 0 N–H and O–H groups in total. The number of rotatable bonds is 5. The molecule has 0 spiro atoms. The van der Waals surface area contributed by atoms with Gasteiger partial charge < -0.3 is 4.90 Å². The molecule has 1 saturated heterocycles. The molecule has 4 nitrogen and oxygen atoms in total. The molecule has 5 heteroatoms. The molecule has 1 heterocycles. The van der Waals surface area contributed by atoms with Crippen molar-refractivity contribution in [1.82, 2.24) is 4.90 Å². The number of carbonyl (C=O) groups excluding carboxylic acids is 2. The fourth-order valence-corrected chi connectivity index (χ4v) is 3.09. The van der Waals surface area contributed by atoms with E-state index < -0.39 is 0 Å². The summed E-state index contributed by atoms with van der Waals surface area (Å²) < 4.78 is 0. The summed E-state index contributed by atoms with van der Waals surface area (Å²) in [5.74, 6) is 2.01. The number of anilines is 1. The van der Waals surface area contributed by atoms with Crippen molar-refractivity contribution in [1.29, 1.82) is 0 Å². The maximum atomic E-state index is 12.1. The van der Waals surface area contributed by atoms with Gasteiger partial charge in [0.15, 0.2) is 0 Å². The van der Waals surface area contributed by atoms with Gasteiger partial charge in [0.05, 0.1) is 11.4 Å². The molecule has 1 aliphatic heterocycles. The lowest BCUT2D eigenvalue weighted by Gasteiger charge is -2.20. The van der Waals surface area contributed by atoms with Crippen molar-refractivity contribution in [3.8, 4) is 12.3 Å². The molecule has 0 aliphatic carbocycles. The van der Waals surface area contributed by atoms with E-state index in [-0.39, 0.29) is 17.7 Å². The number of hydrogen-bond donors (Lipinski definition) is 0. The first-order valence-electron chi connectivity index (χ1n) is 7.14. The van der Waals surface area contributed by atoms with Crippen LogP contribution in [0.3, 0.4) is 0 Å². The molecule has 0 atom stereocenters. The number of nitrogens with zero attached hydrogens (tertiary/aromatic N) is 2. The summed E-state index contributed by atoms with van der Waals surface area (Å²) in [5, 5.41) is -0.311. The van der Waals surface area contributed by atoms with E-state index in [0.29, 0.717) is 4.91 Å². The average Bonchev–Trinajstić information content (AvgIpc) is 2.78. The largest absolute Gasteiger partial charge is 0.372 e. The Morgan fingerprint density at radius 2 is 1.86 bits per heavy atom. The van der Waals surface area contributed by atoms with Crippen molar-refractivity contribution in [2.75, 3.05) is 24.5 Å². The minimum absolute atomic E-state index is 0.0168. The van der Waals surface area contributed by atoms with Gasteiger partial charge >= 0.3 is 0 Å². The topological polar surface area (TPSA) is 40.6 Å². The zero-order chi connectivity index (χ0) is 16.1. The van der Waals surface area contributed by atoms with Crippen LogP contribution in [0.1, 0.15) is 19.4 Å². The summed E-state index contributed by atoms with van der Waals surface area (Å²) in [6.45, 7) is 6.13. The fraction of sp³-hybridized carbons (Fsp3) is 0.294. The Morgan fingerprint density at radius 3 is 2.41 bits per heavy atom. The molecule has 2 rings (SSSR count). The van der Waals surface area contributed by atoms with Gasteiger partial charge in [-0.2, -0.15) is 0 Å². The number of thioether (sulfide) groups is 1. The van der Waals surface area contributed by atoms with Gasteiger partial charge in [-0.25, -0.2) is 0 Å². The van der Waals surface area contributed by atoms with E-state index in [1.807, 2.05) is 24.3 Å². The first-order valence-corrected chi connectivity index (χ1v) is 7.96. The fourth-order valence-electron chi connectivity index (χ4n) is 2.25. The van der Waals surface area contributed by atoms with E-state index in [1.165, 1.54) is 0 Å². The molecule has 2 amide bonds. The van der Waals surface area contributed by atoms with Crippen LogP contribution in [0, 0.1) is 12.3 Å². The molecular formula is C17H18N2O2S. The Morgan fingerprint density at radius 1 is 1.23 bits per heavy atom. The third-order valence-electron chi connectivity index (χ3n) is 3.44. The van der Waals surface area contributed by atoms with E-state index in [2.05, 4.69) is 24.7 Å². The van der Waals surface area contributed by atoms with Crippen LogP contribution in [-0.4, -0.2) is 35.7 Å². The highest BCUT2D eigenvalue weighted by Crippen LogP contribution is 2.32. The van der Waals surface area contributed by atoms with Crippen LogP contribution >= 0.6 is 11.8 Å². The highest BCUT2D eigenvalue weighted by atomic mass is 32.2. The van der Waals surface area contributed by atoms with Gasteiger partial charge in [0.1, 0.15) is 0 Å². The molecule has 0 radical (unpaired) electrons. The summed E-state index contributed by atoms with van der Waals surface area (Å²) in [7, 11) is 0. The number of imide groups is 1. The molecule has 0 saturated carbocycles. The summed E-state index contributed by atoms with van der Waals surface area (Å²) in [4.78, 5) is 27.5. The Labute approximate surface area is 135 Å². The van der Waals surface area contributed by atoms with Crippen LogP contribution in [0.15, 0.2) is 29.2 Å². The van der Waals surface area contributed by atoms with Crippen LogP contribution in [0.5, 0.6) is 0 Å². The lowest BCUT2D eigenvalue weighted by Crippen LogP contribution is -2.28. The van der Waals surface area contributed by atoms with Crippen LogP contribution in [-0.2, 0) is 4.79 Å². The van der Waals surface area contributed by atoms with Gasteiger partial charge in [0, 0.05) is 18.8 Å². The lowest BCUT2D eigenvalue weighted by atomic mass is 10.1. The third kappa shape index (κ3) is 3.34. The van der Waals surface area contributed by atoms with Crippen LogP contribution in [0.25, 0.3) is 6.08 Å². The van der Waals surface area contributed by atoms with E-state index in [9.17, 15) is 9.59 Å². The lowest BCUT2D eigenvalue weighted by molar-refractivity contribution is -0.122. The molecule has 1 fully saturated rings. The highest BCUT2D eigenvalue weighted by molar-refractivity contribution is 8.18. The van der Waals surface area contributed by atoms with E-state index in [0.717, 1.165) is 41.0 Å². The molecule has 1 aromatic carbocycles. The van der Waals surface area contributed by atoms with Gasteiger partial charge in [0.25, 0.3) is 11.1 Å². The van der Waals surface area contributed by atoms with Gasteiger partial charge in [-0.15, -0.1) is 6.42 Å². The normalized spacial score (nSPS) is 16.2. The minimum atomic E-state index is -0.319. The van der Waals surface area contributed by atoms with E-state index >= 15 is 0 Å². The van der Waals surface area contributed by atoms with Gasteiger partial charge in [-0.1, -0.05) is 18.1 Å².